The van der Waals surface area contributed by atoms with E-state index >= 15 is 0 Å². The summed E-state index contributed by atoms with van der Waals surface area (Å²) in [4.78, 5) is 48.4. The fraction of sp³-hybridized carbons (Fsp3) is 0.429. The van der Waals surface area contributed by atoms with Gasteiger partial charge in [-0.2, -0.15) is 13.2 Å². The van der Waals surface area contributed by atoms with Crippen molar-refractivity contribution in [1.29, 1.82) is 0 Å². The Morgan fingerprint density at radius 3 is 2.10 bits per heavy atom. The van der Waals surface area contributed by atoms with Crippen molar-refractivity contribution in [3.05, 3.63) is 71.3 Å². The van der Waals surface area contributed by atoms with E-state index in [1.807, 2.05) is 0 Å². The average Bonchev–Trinajstić information content (AvgIpc) is 2.96. The highest BCUT2D eigenvalue weighted by Crippen LogP contribution is 2.29. The maximum atomic E-state index is 12.8. The van der Waals surface area contributed by atoms with Crippen LogP contribution in [0.15, 0.2) is 54.6 Å². The average molecular weight is 600 g/mol. The monoisotopic (exact) mass is 599 g/mol. The predicted molar refractivity (Wildman–Crippen MR) is 139 cm³/mol. The van der Waals surface area contributed by atoms with Crippen LogP contribution in [0.5, 0.6) is 0 Å². The summed E-state index contributed by atoms with van der Waals surface area (Å²) in [6.45, 7) is 2.10. The van der Waals surface area contributed by atoms with Gasteiger partial charge >= 0.3 is 30.4 Å². The molecule has 0 aliphatic heterocycles. The van der Waals surface area contributed by atoms with Crippen LogP contribution in [0, 0.1) is 5.41 Å². The largest absolute Gasteiger partial charge is 0.509 e. The second-order valence-electron chi connectivity index (χ2n) is 9.57. The fourth-order valence-electron chi connectivity index (χ4n) is 3.08. The Bertz CT molecular complexity index is 1210. The number of aliphatic hydroxyl groups is 1. The molecule has 42 heavy (non-hydrogen) atoms. The molecule has 2 rings (SSSR count). The van der Waals surface area contributed by atoms with Gasteiger partial charge in [0.25, 0.3) is 0 Å². The lowest BCUT2D eigenvalue weighted by atomic mass is 9.94. The minimum absolute atomic E-state index is 0.0230. The van der Waals surface area contributed by atoms with Gasteiger partial charge in [-0.25, -0.2) is 19.2 Å². The Balaban J connectivity index is 1.73. The number of halogens is 3. The summed E-state index contributed by atoms with van der Waals surface area (Å²) in [7, 11) is 0. The van der Waals surface area contributed by atoms with Crippen LogP contribution >= 0.6 is 0 Å². The Labute approximate surface area is 239 Å². The second-order valence-corrected chi connectivity index (χ2v) is 9.57. The number of benzene rings is 2. The van der Waals surface area contributed by atoms with E-state index in [-0.39, 0.29) is 18.7 Å². The molecule has 0 spiro atoms. The quantitative estimate of drug-likeness (QED) is 0.254. The Morgan fingerprint density at radius 2 is 1.45 bits per heavy atom. The summed E-state index contributed by atoms with van der Waals surface area (Å²) in [6.07, 6.45) is -9.55. The summed E-state index contributed by atoms with van der Waals surface area (Å²) < 4.78 is 63.3. The van der Waals surface area contributed by atoms with Gasteiger partial charge in [0.2, 0.25) is 0 Å². The second kappa shape index (κ2) is 15.6. The molecule has 230 valence electrons. The highest BCUT2D eigenvalue weighted by Gasteiger charge is 2.32. The number of nitrogens with one attached hydrogen (secondary N) is 1. The van der Waals surface area contributed by atoms with Gasteiger partial charge in [0.1, 0.15) is 19.8 Å². The third-order valence-corrected chi connectivity index (χ3v) is 5.62. The smallest absolute Gasteiger partial charge is 0.458 e. The molecule has 1 amide bonds. The van der Waals surface area contributed by atoms with Gasteiger partial charge in [-0.1, -0.05) is 49.4 Å². The fourth-order valence-corrected chi connectivity index (χ4v) is 3.08. The molecule has 0 aromatic heterocycles. The molecule has 0 aliphatic rings. The topological polar surface area (TPSA) is 147 Å². The van der Waals surface area contributed by atoms with Gasteiger partial charge in [-0.15, -0.1) is 0 Å². The first-order valence-electron chi connectivity index (χ1n) is 12.6. The van der Waals surface area contributed by atoms with Crippen LogP contribution in [-0.4, -0.2) is 61.3 Å². The van der Waals surface area contributed by atoms with Crippen molar-refractivity contribution in [3.63, 3.8) is 0 Å². The minimum atomic E-state index is -4.53. The van der Waals surface area contributed by atoms with Gasteiger partial charge in [0, 0.05) is 6.54 Å². The summed E-state index contributed by atoms with van der Waals surface area (Å²) in [6, 6.07) is 13.2. The van der Waals surface area contributed by atoms with Crippen molar-refractivity contribution in [1.82, 2.24) is 5.32 Å². The molecule has 0 bridgehead atoms. The number of alkyl carbamates (subject to hydrolysis) is 1. The summed E-state index contributed by atoms with van der Waals surface area (Å²) in [5.74, 6) is -1.85. The number of hydrogen-bond donors (Lipinski definition) is 2. The van der Waals surface area contributed by atoms with E-state index < -0.39 is 73.4 Å². The molecule has 0 aliphatic carbocycles. The molecule has 0 fully saturated rings. The zero-order valence-electron chi connectivity index (χ0n) is 23.1. The van der Waals surface area contributed by atoms with E-state index in [9.17, 15) is 37.5 Å². The first-order valence-corrected chi connectivity index (χ1v) is 12.6. The van der Waals surface area contributed by atoms with E-state index in [2.05, 4.69) is 5.32 Å². The molecule has 0 radical (unpaired) electrons. The number of rotatable bonds is 13. The zero-order valence-corrected chi connectivity index (χ0v) is 23.1. The molecule has 0 saturated heterocycles. The van der Waals surface area contributed by atoms with Crippen LogP contribution in [0.1, 0.15) is 37.5 Å². The maximum Gasteiger partial charge on any atom is 0.509 e. The van der Waals surface area contributed by atoms with Crippen molar-refractivity contribution >= 4 is 24.2 Å². The Morgan fingerprint density at radius 1 is 0.833 bits per heavy atom. The first-order chi connectivity index (χ1) is 19.7. The highest BCUT2D eigenvalue weighted by molar-refractivity contribution is 5.82. The van der Waals surface area contributed by atoms with E-state index in [0.717, 1.165) is 17.7 Å². The molecular weight excluding hydrogens is 567 g/mol. The normalized spacial score (nSPS) is 14.0. The van der Waals surface area contributed by atoms with Crippen LogP contribution < -0.4 is 5.32 Å². The van der Waals surface area contributed by atoms with Crippen LogP contribution in [0.4, 0.5) is 22.8 Å². The molecule has 11 nitrogen and oxygen atoms in total. The lowest BCUT2D eigenvalue weighted by Gasteiger charge is -2.26. The zero-order chi connectivity index (χ0) is 31.3. The van der Waals surface area contributed by atoms with Crippen molar-refractivity contribution in [2.24, 2.45) is 5.41 Å². The lowest BCUT2D eigenvalue weighted by molar-refractivity contribution is -0.172. The van der Waals surface area contributed by atoms with E-state index in [0.29, 0.717) is 0 Å². The molecule has 3 unspecified atom stereocenters. The number of esters is 2. The van der Waals surface area contributed by atoms with Crippen LogP contribution in [0.25, 0.3) is 0 Å². The standard InChI is InChI=1S/C28H32F3NO10/c1-18(23(34)38-14-20-8-5-4-6-9-20)41-24(35)19(2)42-26(37)40-17-27(3,15-33)16-39-25(36)32-13-21-10-7-11-22(12-21)28(29,30)31/h4-12,18-19,33H,13-17H2,1-3H3,(H,32,36). The van der Waals surface area contributed by atoms with Gasteiger partial charge in [0.15, 0.2) is 12.2 Å². The Kier molecular flexibility index (Phi) is 12.6. The van der Waals surface area contributed by atoms with Crippen molar-refractivity contribution in [3.8, 4) is 0 Å². The number of aliphatic hydroxyl groups excluding tert-OH is 1. The minimum Gasteiger partial charge on any atom is -0.458 e. The summed E-state index contributed by atoms with van der Waals surface area (Å²) in [5, 5.41) is 12.0. The van der Waals surface area contributed by atoms with Crippen LogP contribution in [0.3, 0.4) is 0 Å². The number of ether oxygens (including phenoxy) is 5. The highest BCUT2D eigenvalue weighted by atomic mass is 19.4. The summed E-state index contributed by atoms with van der Waals surface area (Å²) >= 11 is 0. The van der Waals surface area contributed by atoms with Gasteiger partial charge in [0.05, 0.1) is 17.6 Å². The third-order valence-electron chi connectivity index (χ3n) is 5.62. The lowest BCUT2D eigenvalue weighted by Crippen LogP contribution is -2.38. The van der Waals surface area contributed by atoms with E-state index in [1.54, 1.807) is 30.3 Å². The van der Waals surface area contributed by atoms with Crippen LogP contribution in [-0.2, 0) is 52.6 Å². The number of carbonyl (C=O) groups is 4. The molecule has 2 aromatic carbocycles. The third kappa shape index (κ3) is 11.6. The number of carbonyl (C=O) groups excluding carboxylic acids is 4. The van der Waals surface area contributed by atoms with Gasteiger partial charge < -0.3 is 34.1 Å². The number of amides is 1. The molecule has 2 N–H and O–H groups in total. The van der Waals surface area contributed by atoms with E-state index in [4.69, 9.17) is 23.7 Å². The molecular formula is C28H32F3NO10. The van der Waals surface area contributed by atoms with E-state index in [1.165, 1.54) is 32.9 Å². The van der Waals surface area contributed by atoms with Gasteiger partial charge in [-0.05, 0) is 37.1 Å². The molecule has 2 aromatic rings. The summed E-state index contributed by atoms with van der Waals surface area (Å²) in [5.41, 5.74) is -1.23. The Hall–Kier alpha value is -4.33. The number of alkyl halides is 3. The molecule has 0 heterocycles. The number of hydrogen-bond acceptors (Lipinski definition) is 10. The molecule has 3 atom stereocenters. The molecule has 0 saturated carbocycles. The van der Waals surface area contributed by atoms with Crippen molar-refractivity contribution in [2.45, 2.75) is 52.3 Å². The van der Waals surface area contributed by atoms with Crippen molar-refractivity contribution < 1.29 is 61.1 Å². The maximum absolute atomic E-state index is 12.8. The van der Waals surface area contributed by atoms with Gasteiger partial charge in [-0.3, -0.25) is 0 Å². The van der Waals surface area contributed by atoms with Crippen LogP contribution in [0.2, 0.25) is 0 Å². The van der Waals surface area contributed by atoms with Crippen molar-refractivity contribution in [2.75, 3.05) is 19.8 Å². The first kappa shape index (κ1) is 33.9. The predicted octanol–water partition coefficient (Wildman–Crippen LogP) is 4.15. The molecule has 14 heteroatoms. The SMILES string of the molecule is CC(OC(=O)OCC(C)(CO)COC(=O)NCc1cccc(C(F)(F)F)c1)C(=O)OC(C)C(=O)OCc1ccccc1.